The van der Waals surface area contributed by atoms with E-state index >= 15 is 0 Å². The Morgan fingerprint density at radius 3 is 2.80 bits per heavy atom. The second-order valence-corrected chi connectivity index (χ2v) is 7.86. The topological polar surface area (TPSA) is 61.4 Å². The first-order valence-electron chi connectivity index (χ1n) is 9.83. The van der Waals surface area contributed by atoms with E-state index in [4.69, 9.17) is 0 Å². The van der Waals surface area contributed by atoms with Crippen molar-refractivity contribution in [2.45, 2.75) is 64.0 Å². The van der Waals surface area contributed by atoms with Gasteiger partial charge in [-0.15, -0.1) is 5.10 Å². The zero-order valence-electron chi connectivity index (χ0n) is 15.2. The first kappa shape index (κ1) is 16.6. The highest BCUT2D eigenvalue weighted by atomic mass is 16.2. The summed E-state index contributed by atoms with van der Waals surface area (Å²) < 4.78 is 0. The molecule has 3 heterocycles. The number of amides is 2. The van der Waals surface area contributed by atoms with Crippen LogP contribution < -0.4 is 10.2 Å². The van der Waals surface area contributed by atoms with Gasteiger partial charge in [0.25, 0.3) is 0 Å². The number of carbonyl (C=O) groups is 1. The van der Waals surface area contributed by atoms with Crippen LogP contribution in [-0.4, -0.2) is 52.8 Å². The molecule has 25 heavy (non-hydrogen) atoms. The number of likely N-dealkylation sites (tertiary alicyclic amines) is 1. The van der Waals surface area contributed by atoms with E-state index in [-0.39, 0.29) is 12.1 Å². The van der Waals surface area contributed by atoms with E-state index in [1.165, 1.54) is 32.1 Å². The predicted octanol–water partition coefficient (Wildman–Crippen LogP) is 2.73. The number of nitrogens with one attached hydrogen (secondary N) is 1. The molecule has 6 nitrogen and oxygen atoms in total. The van der Waals surface area contributed by atoms with Crippen LogP contribution in [-0.2, 0) is 0 Å². The van der Waals surface area contributed by atoms with Crippen molar-refractivity contribution in [1.29, 1.82) is 0 Å². The number of hydrogen-bond acceptors (Lipinski definition) is 4. The van der Waals surface area contributed by atoms with Gasteiger partial charge >= 0.3 is 6.03 Å². The van der Waals surface area contributed by atoms with Gasteiger partial charge < -0.3 is 15.1 Å². The molecular formula is C19H29N5O. The fourth-order valence-electron chi connectivity index (χ4n) is 4.78. The number of anilines is 1. The Labute approximate surface area is 150 Å². The van der Waals surface area contributed by atoms with Crippen LogP contribution in [0.4, 0.5) is 10.6 Å². The molecule has 1 aromatic rings. The predicted molar refractivity (Wildman–Crippen MR) is 97.6 cm³/mol. The minimum Gasteiger partial charge on any atom is -0.353 e. The van der Waals surface area contributed by atoms with Crippen molar-refractivity contribution >= 4 is 11.8 Å². The molecule has 3 fully saturated rings. The third kappa shape index (κ3) is 3.58. The summed E-state index contributed by atoms with van der Waals surface area (Å²) >= 11 is 0. The lowest BCUT2D eigenvalue weighted by molar-refractivity contribution is 0.165. The van der Waals surface area contributed by atoms with Crippen LogP contribution in [0.1, 0.15) is 50.6 Å². The Morgan fingerprint density at radius 1 is 1.08 bits per heavy atom. The lowest BCUT2D eigenvalue weighted by Gasteiger charge is -2.36. The largest absolute Gasteiger partial charge is 0.353 e. The van der Waals surface area contributed by atoms with Gasteiger partial charge in [0.05, 0.1) is 5.69 Å². The average molecular weight is 343 g/mol. The molecule has 0 radical (unpaired) electrons. The zero-order chi connectivity index (χ0) is 17.2. The Balaban J connectivity index is 1.35. The number of carbonyl (C=O) groups excluding carboxylic acids is 1. The number of hydrogen-bond donors (Lipinski definition) is 1. The van der Waals surface area contributed by atoms with Crippen molar-refractivity contribution < 1.29 is 4.79 Å². The summed E-state index contributed by atoms with van der Waals surface area (Å²) in [4.78, 5) is 17.2. The number of aromatic nitrogens is 2. The smallest absolute Gasteiger partial charge is 0.317 e. The summed E-state index contributed by atoms with van der Waals surface area (Å²) in [5.41, 5.74) is 0.932. The van der Waals surface area contributed by atoms with Crippen LogP contribution in [0, 0.1) is 12.8 Å². The van der Waals surface area contributed by atoms with Crippen LogP contribution in [0.25, 0.3) is 0 Å². The minimum atomic E-state index is 0.149. The molecule has 0 spiro atoms. The first-order chi connectivity index (χ1) is 12.2. The summed E-state index contributed by atoms with van der Waals surface area (Å²) in [5.74, 6) is 1.66. The van der Waals surface area contributed by atoms with Crippen molar-refractivity contribution in [1.82, 2.24) is 20.4 Å². The highest BCUT2D eigenvalue weighted by Crippen LogP contribution is 2.36. The van der Waals surface area contributed by atoms with E-state index in [1.807, 2.05) is 19.1 Å². The fourth-order valence-corrected chi connectivity index (χ4v) is 4.78. The molecular weight excluding hydrogens is 314 g/mol. The van der Waals surface area contributed by atoms with E-state index in [9.17, 15) is 4.79 Å². The van der Waals surface area contributed by atoms with Crippen molar-refractivity contribution in [3.8, 4) is 0 Å². The number of aryl methyl sites for hydroxylation is 1. The van der Waals surface area contributed by atoms with Crippen LogP contribution in [0.15, 0.2) is 12.1 Å². The van der Waals surface area contributed by atoms with Gasteiger partial charge in [0.2, 0.25) is 0 Å². The highest BCUT2D eigenvalue weighted by molar-refractivity contribution is 5.75. The number of nitrogens with zero attached hydrogens (tertiary/aromatic N) is 4. The molecule has 0 bridgehead atoms. The monoisotopic (exact) mass is 343 g/mol. The number of piperidine rings is 1. The van der Waals surface area contributed by atoms with Gasteiger partial charge in [-0.1, -0.05) is 12.8 Å². The van der Waals surface area contributed by atoms with Gasteiger partial charge in [-0.05, 0) is 57.1 Å². The molecule has 0 unspecified atom stereocenters. The van der Waals surface area contributed by atoms with E-state index in [0.29, 0.717) is 6.04 Å². The van der Waals surface area contributed by atoms with Crippen LogP contribution in [0.3, 0.4) is 0 Å². The van der Waals surface area contributed by atoms with Crippen LogP contribution >= 0.6 is 0 Å². The number of fused-ring (bicyclic) bond motifs is 1. The second kappa shape index (κ2) is 7.18. The van der Waals surface area contributed by atoms with Gasteiger partial charge in [-0.25, -0.2) is 4.79 Å². The van der Waals surface area contributed by atoms with Gasteiger partial charge in [-0.3, -0.25) is 0 Å². The molecule has 4 rings (SSSR count). The normalized spacial score (nSPS) is 29.4. The summed E-state index contributed by atoms with van der Waals surface area (Å²) in [6, 6.07) is 4.86. The summed E-state index contributed by atoms with van der Waals surface area (Å²) in [5, 5.41) is 11.8. The lowest BCUT2D eigenvalue weighted by Crippen LogP contribution is -2.53. The molecule has 1 N–H and O–H groups in total. The Kier molecular flexibility index (Phi) is 4.77. The number of rotatable bonds is 2. The van der Waals surface area contributed by atoms with Crippen molar-refractivity contribution in [2.75, 3.05) is 24.5 Å². The molecule has 2 amide bonds. The molecule has 3 atom stereocenters. The summed E-state index contributed by atoms with van der Waals surface area (Å²) in [7, 11) is 0. The Hall–Kier alpha value is -1.85. The van der Waals surface area contributed by atoms with Gasteiger partial charge in [-0.2, -0.15) is 5.10 Å². The molecule has 136 valence electrons. The van der Waals surface area contributed by atoms with Gasteiger partial charge in [0, 0.05) is 31.7 Å². The number of urea groups is 1. The molecule has 0 aromatic carbocycles. The van der Waals surface area contributed by atoms with Gasteiger partial charge in [0.15, 0.2) is 5.82 Å². The quantitative estimate of drug-likeness (QED) is 0.897. The highest BCUT2D eigenvalue weighted by Gasteiger charge is 2.38. The maximum atomic E-state index is 12.8. The summed E-state index contributed by atoms with van der Waals surface area (Å²) in [6.07, 6.45) is 8.41. The van der Waals surface area contributed by atoms with E-state index in [2.05, 4.69) is 25.3 Å². The third-order valence-electron chi connectivity index (χ3n) is 6.13. The lowest BCUT2D eigenvalue weighted by atomic mass is 9.85. The molecule has 3 aliphatic rings. The van der Waals surface area contributed by atoms with E-state index < -0.39 is 0 Å². The van der Waals surface area contributed by atoms with E-state index in [0.717, 1.165) is 49.9 Å². The molecule has 2 aliphatic heterocycles. The maximum Gasteiger partial charge on any atom is 0.317 e. The Bertz CT molecular complexity index is 604. The molecule has 1 aliphatic carbocycles. The SMILES string of the molecule is Cc1ccc(N2CCC[C@@H](NC(=O)N3CC[C@H]4CCCC[C@H]43)C2)nn1. The fraction of sp³-hybridized carbons (Fsp3) is 0.737. The Morgan fingerprint density at radius 2 is 1.96 bits per heavy atom. The van der Waals surface area contributed by atoms with Crippen LogP contribution in [0.2, 0.25) is 0 Å². The second-order valence-electron chi connectivity index (χ2n) is 7.86. The van der Waals surface area contributed by atoms with Crippen LogP contribution in [0.5, 0.6) is 0 Å². The molecule has 1 aromatic heterocycles. The average Bonchev–Trinajstić information content (AvgIpc) is 3.07. The van der Waals surface area contributed by atoms with Gasteiger partial charge in [0.1, 0.15) is 0 Å². The third-order valence-corrected chi connectivity index (χ3v) is 6.13. The minimum absolute atomic E-state index is 0.149. The molecule has 2 saturated heterocycles. The molecule has 1 saturated carbocycles. The van der Waals surface area contributed by atoms with E-state index in [1.54, 1.807) is 0 Å². The van der Waals surface area contributed by atoms with Crippen molar-refractivity contribution in [3.05, 3.63) is 17.8 Å². The van der Waals surface area contributed by atoms with Crippen molar-refractivity contribution in [3.63, 3.8) is 0 Å². The van der Waals surface area contributed by atoms with Crippen molar-refractivity contribution in [2.24, 2.45) is 5.92 Å². The standard InChI is InChI=1S/C19H29N5O/c1-14-8-9-18(22-21-14)23-11-4-6-16(13-23)20-19(25)24-12-10-15-5-2-3-7-17(15)24/h8-9,15-17H,2-7,10-13H2,1H3,(H,20,25)/t15-,16-,17-/m1/s1. The summed E-state index contributed by atoms with van der Waals surface area (Å²) in [6.45, 7) is 4.69. The maximum absolute atomic E-state index is 12.8. The molecule has 6 heteroatoms. The first-order valence-corrected chi connectivity index (χ1v) is 9.83. The zero-order valence-corrected chi connectivity index (χ0v) is 15.2.